The molecule has 12 heteroatoms. The molecular weight excluding hydrogens is 494 g/mol. The van der Waals surface area contributed by atoms with Gasteiger partial charge in [0, 0.05) is 24.8 Å². The zero-order valence-corrected chi connectivity index (χ0v) is 20.7. The number of esters is 2. The Hall–Kier alpha value is -4.89. The number of nitrogens with two attached hydrogens (primary N) is 1. The maximum absolute atomic E-state index is 13.3. The molecule has 2 N–H and O–H groups in total. The molecule has 0 bridgehead atoms. The predicted molar refractivity (Wildman–Crippen MR) is 136 cm³/mol. The van der Waals surface area contributed by atoms with E-state index in [1.165, 1.54) is 12.1 Å². The van der Waals surface area contributed by atoms with Gasteiger partial charge in [-0.3, -0.25) is 15.0 Å². The number of hydrogen-bond acceptors (Lipinski definition) is 11. The molecule has 2 aliphatic rings. The first-order valence-corrected chi connectivity index (χ1v) is 11.6. The van der Waals surface area contributed by atoms with Crippen LogP contribution >= 0.6 is 0 Å². The Morgan fingerprint density at radius 3 is 2.34 bits per heavy atom. The number of nitro benzene ring substituents is 1. The Morgan fingerprint density at radius 2 is 1.76 bits per heavy atom. The second-order valence-electron chi connectivity index (χ2n) is 8.36. The molecule has 196 valence electrons. The monoisotopic (exact) mass is 519 g/mol. The number of nitrogens with zero attached hydrogens (tertiary/aromatic N) is 4. The van der Waals surface area contributed by atoms with Crippen molar-refractivity contribution >= 4 is 29.0 Å². The first-order chi connectivity index (χ1) is 18.3. The summed E-state index contributed by atoms with van der Waals surface area (Å²) in [5.41, 5.74) is 6.39. The normalized spacial score (nSPS) is 17.7. The molecule has 0 spiro atoms. The summed E-state index contributed by atoms with van der Waals surface area (Å²) < 4.78 is 15.4. The standard InChI is InChI=1S/C26H25N5O7/c1-36-25(32)22-21(16-6-4-3-5-7-16)18(15-27)24(28)30(23(22)26(33)37-2)20-14-17(8-9-19(20)31(34)35)29-10-12-38-13-11-29/h3-9,14,21H,10-13,28H2,1-2H3. The van der Waals surface area contributed by atoms with E-state index in [1.807, 2.05) is 11.0 Å². The first kappa shape index (κ1) is 26.2. The number of carbonyl (C=O) groups excluding carboxylic acids is 2. The van der Waals surface area contributed by atoms with Crippen molar-refractivity contribution in [3.05, 3.63) is 86.9 Å². The molecule has 1 saturated heterocycles. The average molecular weight is 520 g/mol. The van der Waals surface area contributed by atoms with E-state index in [4.69, 9.17) is 19.9 Å². The molecule has 4 rings (SSSR count). The Labute approximate surface area is 218 Å². The number of rotatable bonds is 6. The second kappa shape index (κ2) is 11.0. The van der Waals surface area contributed by atoms with Crippen LogP contribution < -0.4 is 15.5 Å². The van der Waals surface area contributed by atoms with E-state index >= 15 is 0 Å². The number of nitriles is 1. The lowest BCUT2D eigenvalue weighted by atomic mass is 9.81. The summed E-state index contributed by atoms with van der Waals surface area (Å²) in [7, 11) is 2.24. The molecule has 2 heterocycles. The highest BCUT2D eigenvalue weighted by molar-refractivity contribution is 6.07. The Balaban J connectivity index is 2.06. The lowest BCUT2D eigenvalue weighted by Gasteiger charge is -2.36. The Kier molecular flexibility index (Phi) is 7.59. The fraction of sp³-hybridized carbons (Fsp3) is 0.269. The van der Waals surface area contributed by atoms with Crippen LogP contribution in [0.15, 0.2) is 71.2 Å². The minimum absolute atomic E-state index is 0.0877. The van der Waals surface area contributed by atoms with Crippen LogP contribution in [0, 0.1) is 21.4 Å². The highest BCUT2D eigenvalue weighted by atomic mass is 16.6. The third-order valence-corrected chi connectivity index (χ3v) is 6.38. The minimum Gasteiger partial charge on any atom is -0.466 e. The summed E-state index contributed by atoms with van der Waals surface area (Å²) in [5, 5.41) is 22.3. The molecule has 0 aromatic heterocycles. The molecule has 2 aromatic carbocycles. The van der Waals surface area contributed by atoms with Crippen molar-refractivity contribution in [3.8, 4) is 6.07 Å². The van der Waals surface area contributed by atoms with Crippen molar-refractivity contribution < 1.29 is 28.7 Å². The van der Waals surface area contributed by atoms with Gasteiger partial charge in [-0.25, -0.2) is 9.59 Å². The Morgan fingerprint density at radius 1 is 1.11 bits per heavy atom. The maximum atomic E-state index is 13.3. The number of allylic oxidation sites excluding steroid dienone is 1. The SMILES string of the molecule is COC(=O)C1=C(C(=O)OC)N(c2cc(N3CCOCC3)ccc2[N+](=O)[O-])C(N)=C(C#N)C1c1ccccc1. The van der Waals surface area contributed by atoms with Crippen LogP contribution in [0.4, 0.5) is 17.1 Å². The quantitative estimate of drug-likeness (QED) is 0.339. The van der Waals surface area contributed by atoms with Crippen molar-refractivity contribution in [2.24, 2.45) is 5.73 Å². The lowest BCUT2D eigenvalue weighted by Crippen LogP contribution is -2.41. The summed E-state index contributed by atoms with van der Waals surface area (Å²) in [6.07, 6.45) is 0. The maximum Gasteiger partial charge on any atom is 0.355 e. The van der Waals surface area contributed by atoms with E-state index in [0.717, 1.165) is 19.1 Å². The zero-order chi connectivity index (χ0) is 27.4. The molecule has 2 aromatic rings. The summed E-state index contributed by atoms with van der Waals surface area (Å²) in [5.74, 6) is -3.24. The summed E-state index contributed by atoms with van der Waals surface area (Å²) in [4.78, 5) is 41.0. The van der Waals surface area contributed by atoms with Crippen molar-refractivity contribution in [3.63, 3.8) is 0 Å². The van der Waals surface area contributed by atoms with Gasteiger partial charge in [-0.05, 0) is 17.7 Å². The molecule has 1 fully saturated rings. The van der Waals surface area contributed by atoms with Crippen molar-refractivity contribution in [2.45, 2.75) is 5.92 Å². The molecule has 38 heavy (non-hydrogen) atoms. The zero-order valence-electron chi connectivity index (χ0n) is 20.7. The highest BCUT2D eigenvalue weighted by Crippen LogP contribution is 2.46. The molecule has 2 aliphatic heterocycles. The minimum atomic E-state index is -1.08. The van der Waals surface area contributed by atoms with Crippen LogP contribution in [0.5, 0.6) is 0 Å². The number of carbonyl (C=O) groups is 2. The fourth-order valence-corrected chi connectivity index (χ4v) is 4.63. The molecule has 0 aliphatic carbocycles. The summed E-state index contributed by atoms with van der Waals surface area (Å²) in [6, 6.07) is 14.9. The van der Waals surface area contributed by atoms with Gasteiger partial charge in [-0.15, -0.1) is 0 Å². The number of morpholine rings is 1. The van der Waals surface area contributed by atoms with Crippen LogP contribution in [-0.4, -0.2) is 57.4 Å². The van der Waals surface area contributed by atoms with Crippen LogP contribution in [0.1, 0.15) is 11.5 Å². The van der Waals surface area contributed by atoms with Crippen LogP contribution in [0.25, 0.3) is 0 Å². The largest absolute Gasteiger partial charge is 0.466 e. The highest BCUT2D eigenvalue weighted by Gasteiger charge is 2.44. The van der Waals surface area contributed by atoms with Gasteiger partial charge in [0.2, 0.25) is 0 Å². The molecule has 1 unspecified atom stereocenters. The van der Waals surface area contributed by atoms with Gasteiger partial charge in [0.25, 0.3) is 5.69 Å². The van der Waals surface area contributed by atoms with Gasteiger partial charge < -0.3 is 24.8 Å². The smallest absolute Gasteiger partial charge is 0.355 e. The Bertz CT molecular complexity index is 1370. The van der Waals surface area contributed by atoms with Gasteiger partial charge in [0.15, 0.2) is 0 Å². The fourth-order valence-electron chi connectivity index (χ4n) is 4.63. The number of benzene rings is 2. The van der Waals surface area contributed by atoms with Crippen LogP contribution in [0.2, 0.25) is 0 Å². The van der Waals surface area contributed by atoms with Gasteiger partial charge in [0.1, 0.15) is 17.2 Å². The summed E-state index contributed by atoms with van der Waals surface area (Å²) >= 11 is 0. The van der Waals surface area contributed by atoms with Crippen LogP contribution in [0.3, 0.4) is 0 Å². The van der Waals surface area contributed by atoms with Crippen molar-refractivity contribution in [1.29, 1.82) is 5.26 Å². The molecule has 0 amide bonds. The van der Waals surface area contributed by atoms with Crippen molar-refractivity contribution in [1.82, 2.24) is 0 Å². The number of hydrogen-bond donors (Lipinski definition) is 1. The van der Waals surface area contributed by atoms with Gasteiger partial charge in [0.05, 0.1) is 55.5 Å². The van der Waals surface area contributed by atoms with Crippen LogP contribution in [-0.2, 0) is 23.8 Å². The average Bonchev–Trinajstić information content (AvgIpc) is 2.96. The van der Waals surface area contributed by atoms with Gasteiger partial charge in [-0.2, -0.15) is 5.26 Å². The third kappa shape index (κ3) is 4.62. The summed E-state index contributed by atoms with van der Waals surface area (Å²) in [6.45, 7) is 2.01. The molecular formula is C26H25N5O7. The molecule has 0 saturated carbocycles. The van der Waals surface area contributed by atoms with E-state index in [1.54, 1.807) is 36.4 Å². The number of ether oxygens (including phenoxy) is 3. The van der Waals surface area contributed by atoms with Gasteiger partial charge >= 0.3 is 11.9 Å². The molecule has 12 nitrogen and oxygen atoms in total. The van der Waals surface area contributed by atoms with E-state index in [9.17, 15) is 25.0 Å². The number of nitro groups is 1. The van der Waals surface area contributed by atoms with Crippen molar-refractivity contribution in [2.75, 3.05) is 50.3 Å². The number of methoxy groups -OCH3 is 2. The third-order valence-electron chi connectivity index (χ3n) is 6.38. The van der Waals surface area contributed by atoms with E-state index in [0.29, 0.717) is 37.6 Å². The van der Waals surface area contributed by atoms with E-state index in [-0.39, 0.29) is 28.4 Å². The predicted octanol–water partition coefficient (Wildman–Crippen LogP) is 2.33. The van der Waals surface area contributed by atoms with Gasteiger partial charge in [-0.1, -0.05) is 30.3 Å². The van der Waals surface area contributed by atoms with E-state index < -0.39 is 28.5 Å². The lowest BCUT2D eigenvalue weighted by molar-refractivity contribution is -0.384. The van der Waals surface area contributed by atoms with E-state index in [2.05, 4.69) is 0 Å². The second-order valence-corrected chi connectivity index (χ2v) is 8.36. The molecule has 0 radical (unpaired) electrons. The number of anilines is 2. The first-order valence-electron chi connectivity index (χ1n) is 11.6. The molecule has 1 atom stereocenters. The topological polar surface area (TPSA) is 161 Å².